The Labute approximate surface area is 266 Å². The van der Waals surface area contributed by atoms with Crippen molar-refractivity contribution in [3.05, 3.63) is 157 Å². The van der Waals surface area contributed by atoms with Crippen LogP contribution >= 0.6 is 0 Å². The molecule has 0 amide bonds. The molecule has 3 nitrogen and oxygen atoms in total. The van der Waals surface area contributed by atoms with E-state index in [4.69, 9.17) is 0 Å². The lowest BCUT2D eigenvalue weighted by atomic mass is 9.95. The predicted octanol–water partition coefficient (Wildman–Crippen LogP) is 11.0. The molecule has 1 aliphatic carbocycles. The van der Waals surface area contributed by atoms with E-state index in [1.54, 1.807) is 0 Å². The first-order chi connectivity index (χ1) is 22.7. The highest BCUT2D eigenvalue weighted by atomic mass is 15.0. The van der Waals surface area contributed by atoms with Crippen molar-refractivity contribution < 1.29 is 0 Å². The van der Waals surface area contributed by atoms with Gasteiger partial charge in [0.05, 0.1) is 44.6 Å². The Morgan fingerprint density at radius 1 is 0.435 bits per heavy atom. The summed E-state index contributed by atoms with van der Waals surface area (Å²) in [6, 6.07) is 51.2. The maximum Gasteiger partial charge on any atom is 0.0541 e. The molecule has 1 atom stereocenters. The maximum atomic E-state index is 2.53. The fourth-order valence-corrected chi connectivity index (χ4v) is 8.00. The number of aromatic nitrogens is 3. The van der Waals surface area contributed by atoms with Gasteiger partial charge in [0.2, 0.25) is 0 Å². The average molecular weight is 590 g/mol. The summed E-state index contributed by atoms with van der Waals surface area (Å²) in [4.78, 5) is 0. The number of nitrogens with zero attached hydrogens (tertiary/aromatic N) is 3. The average Bonchev–Trinajstić information content (AvgIpc) is 3.73. The van der Waals surface area contributed by atoms with Crippen LogP contribution in [0.2, 0.25) is 0 Å². The third-order valence-electron chi connectivity index (χ3n) is 9.94. The fourth-order valence-electron chi connectivity index (χ4n) is 8.00. The van der Waals surface area contributed by atoms with Crippen LogP contribution in [0.15, 0.2) is 146 Å². The van der Waals surface area contributed by atoms with E-state index in [1.807, 2.05) is 0 Å². The van der Waals surface area contributed by atoms with Gasteiger partial charge in [-0.15, -0.1) is 0 Å². The van der Waals surface area contributed by atoms with Gasteiger partial charge < -0.3 is 13.7 Å². The molecule has 0 radical (unpaired) electrons. The number of fused-ring (bicyclic) bond motifs is 9. The summed E-state index contributed by atoms with van der Waals surface area (Å²) in [5.41, 5.74) is 12.3. The molecule has 3 heterocycles. The second kappa shape index (κ2) is 9.60. The van der Waals surface area contributed by atoms with E-state index < -0.39 is 0 Å². The van der Waals surface area contributed by atoms with Crippen LogP contribution in [-0.2, 0) is 6.42 Å². The molecule has 3 heteroatoms. The highest BCUT2D eigenvalue weighted by Crippen LogP contribution is 2.39. The van der Waals surface area contributed by atoms with Gasteiger partial charge >= 0.3 is 0 Å². The number of allylic oxidation sites excluding steroid dienone is 1. The second-order valence-corrected chi connectivity index (χ2v) is 12.7. The maximum absolute atomic E-state index is 2.53. The van der Waals surface area contributed by atoms with Gasteiger partial charge in [0.25, 0.3) is 0 Å². The Kier molecular flexibility index (Phi) is 5.32. The molecule has 3 aromatic heterocycles. The van der Waals surface area contributed by atoms with Crippen LogP contribution in [0.1, 0.15) is 18.2 Å². The van der Waals surface area contributed by atoms with Crippen LogP contribution in [0.25, 0.3) is 77.7 Å². The molecule has 1 unspecified atom stereocenters. The van der Waals surface area contributed by atoms with E-state index in [2.05, 4.69) is 172 Å². The van der Waals surface area contributed by atoms with E-state index in [1.165, 1.54) is 71.5 Å². The van der Waals surface area contributed by atoms with Crippen molar-refractivity contribution in [2.75, 3.05) is 0 Å². The molecule has 46 heavy (non-hydrogen) atoms. The number of hydrogen-bond acceptors (Lipinski definition) is 0. The molecule has 0 aliphatic heterocycles. The Balaban J connectivity index is 1.37. The highest BCUT2D eigenvalue weighted by molar-refractivity contribution is 6.10. The van der Waals surface area contributed by atoms with Crippen LogP contribution in [0, 0.1) is 5.92 Å². The second-order valence-electron chi connectivity index (χ2n) is 12.7. The van der Waals surface area contributed by atoms with Crippen molar-refractivity contribution >= 4 is 60.6 Å². The van der Waals surface area contributed by atoms with E-state index >= 15 is 0 Å². The first-order valence-corrected chi connectivity index (χ1v) is 16.2. The summed E-state index contributed by atoms with van der Waals surface area (Å²) in [5, 5.41) is 6.38. The molecule has 0 saturated carbocycles. The van der Waals surface area contributed by atoms with Gasteiger partial charge in [-0.1, -0.05) is 110 Å². The number of para-hydroxylation sites is 5. The molecule has 0 saturated heterocycles. The predicted molar refractivity (Wildman–Crippen MR) is 194 cm³/mol. The Bertz CT molecular complexity index is 2450. The molecule has 1 aliphatic rings. The third-order valence-corrected chi connectivity index (χ3v) is 9.94. The standard InChI is InChI=1S/C43H31N3/c1-28-22-23-37-36-16-6-11-21-42(36)46(43(37)24-28)31-26-29(44-38-17-7-2-12-32(38)33-13-3-8-18-39(33)44)25-30(27-31)45-40-19-9-4-14-34(40)35-15-5-10-20-41(35)45/h2-23,25-28H,24H2,1H3. The van der Waals surface area contributed by atoms with Gasteiger partial charge in [-0.3, -0.25) is 0 Å². The highest BCUT2D eigenvalue weighted by Gasteiger charge is 2.23. The summed E-state index contributed by atoms with van der Waals surface area (Å²) in [7, 11) is 0. The van der Waals surface area contributed by atoms with Gasteiger partial charge in [-0.25, -0.2) is 0 Å². The van der Waals surface area contributed by atoms with Crippen LogP contribution in [0.4, 0.5) is 0 Å². The van der Waals surface area contributed by atoms with Crippen molar-refractivity contribution in [1.29, 1.82) is 0 Å². The molecule has 218 valence electrons. The minimum absolute atomic E-state index is 0.480. The molecule has 0 bridgehead atoms. The molecular formula is C43H31N3. The Hall–Kier alpha value is -5.80. The van der Waals surface area contributed by atoms with Crippen molar-refractivity contribution in [2.24, 2.45) is 5.92 Å². The molecular weight excluding hydrogens is 558 g/mol. The van der Waals surface area contributed by atoms with Gasteiger partial charge in [0.15, 0.2) is 0 Å². The zero-order valence-electron chi connectivity index (χ0n) is 25.6. The van der Waals surface area contributed by atoms with E-state index in [-0.39, 0.29) is 0 Å². The fraction of sp³-hybridized carbons (Fsp3) is 0.0698. The van der Waals surface area contributed by atoms with Crippen LogP contribution in [-0.4, -0.2) is 13.7 Å². The number of rotatable bonds is 3. The van der Waals surface area contributed by atoms with Crippen LogP contribution < -0.4 is 0 Å². The lowest BCUT2D eigenvalue weighted by Crippen LogP contribution is -2.10. The summed E-state index contributed by atoms with van der Waals surface area (Å²) in [5.74, 6) is 0.480. The largest absolute Gasteiger partial charge is 0.313 e. The minimum Gasteiger partial charge on any atom is -0.313 e. The number of benzene rings is 6. The lowest BCUT2D eigenvalue weighted by Gasteiger charge is -2.20. The lowest BCUT2D eigenvalue weighted by molar-refractivity contribution is 0.690. The summed E-state index contributed by atoms with van der Waals surface area (Å²) in [6.45, 7) is 2.32. The zero-order valence-corrected chi connectivity index (χ0v) is 25.6. The molecule has 0 N–H and O–H groups in total. The van der Waals surface area contributed by atoms with Crippen molar-refractivity contribution in [3.63, 3.8) is 0 Å². The first-order valence-electron chi connectivity index (χ1n) is 16.2. The monoisotopic (exact) mass is 589 g/mol. The molecule has 0 spiro atoms. The molecule has 10 rings (SSSR count). The van der Waals surface area contributed by atoms with E-state index in [0.29, 0.717) is 5.92 Å². The smallest absolute Gasteiger partial charge is 0.0541 e. The minimum atomic E-state index is 0.480. The van der Waals surface area contributed by atoms with Crippen LogP contribution in [0.3, 0.4) is 0 Å². The summed E-state index contributed by atoms with van der Waals surface area (Å²) in [6.07, 6.45) is 5.70. The normalized spacial score (nSPS) is 14.7. The van der Waals surface area contributed by atoms with Gasteiger partial charge in [0, 0.05) is 38.2 Å². The van der Waals surface area contributed by atoms with Gasteiger partial charge in [-0.05, 0) is 60.9 Å². The van der Waals surface area contributed by atoms with Crippen LogP contribution in [0.5, 0.6) is 0 Å². The zero-order chi connectivity index (χ0) is 30.4. The quantitative estimate of drug-likeness (QED) is 0.195. The summed E-state index contributed by atoms with van der Waals surface area (Å²) >= 11 is 0. The van der Waals surface area contributed by atoms with E-state index in [9.17, 15) is 0 Å². The molecule has 6 aromatic carbocycles. The molecule has 0 fully saturated rings. The van der Waals surface area contributed by atoms with Crippen molar-refractivity contribution in [2.45, 2.75) is 13.3 Å². The Morgan fingerprint density at radius 3 is 1.22 bits per heavy atom. The van der Waals surface area contributed by atoms with Crippen molar-refractivity contribution in [3.8, 4) is 17.1 Å². The SMILES string of the molecule is CC1C=Cc2c(n(-c3cc(-n4c5ccccc5c5ccccc54)cc(-n4c5ccccc5c5ccccc54)c3)c3ccccc23)C1. The first kappa shape index (κ1) is 25.5. The number of hydrogen-bond donors (Lipinski definition) is 0. The molecule has 9 aromatic rings. The summed E-state index contributed by atoms with van der Waals surface area (Å²) < 4.78 is 7.43. The third kappa shape index (κ3) is 3.54. The van der Waals surface area contributed by atoms with E-state index in [0.717, 1.165) is 17.8 Å². The topological polar surface area (TPSA) is 14.8 Å². The van der Waals surface area contributed by atoms with Gasteiger partial charge in [0.1, 0.15) is 0 Å². The van der Waals surface area contributed by atoms with Gasteiger partial charge in [-0.2, -0.15) is 0 Å². The Morgan fingerprint density at radius 2 is 0.783 bits per heavy atom. The van der Waals surface area contributed by atoms with Crippen molar-refractivity contribution in [1.82, 2.24) is 13.7 Å².